The predicted octanol–water partition coefficient (Wildman–Crippen LogP) is 4.89. The van der Waals surface area contributed by atoms with Crippen LogP contribution in [0, 0.1) is 11.7 Å². The summed E-state index contributed by atoms with van der Waals surface area (Å²) >= 11 is 0. The monoisotopic (exact) mass is 837 g/mol. The largest absolute Gasteiger partial charge is 0.497 e. The van der Waals surface area contributed by atoms with Gasteiger partial charge in [0.1, 0.15) is 40.9 Å². The summed E-state index contributed by atoms with van der Waals surface area (Å²) in [7, 11) is -2.49. The van der Waals surface area contributed by atoms with Crippen LogP contribution < -0.4 is 20.1 Å². The van der Waals surface area contributed by atoms with Gasteiger partial charge >= 0.3 is 12.2 Å². The highest BCUT2D eigenvalue weighted by atomic mass is 32.2. The molecule has 15 nitrogen and oxygen atoms in total. The Labute approximate surface area is 343 Å². The van der Waals surface area contributed by atoms with Gasteiger partial charge in [0.15, 0.2) is 0 Å². The van der Waals surface area contributed by atoms with Gasteiger partial charge in [0.05, 0.1) is 24.9 Å². The number of benzene rings is 2. The predicted molar refractivity (Wildman–Crippen MR) is 211 cm³/mol. The smallest absolute Gasteiger partial charge is 0.410 e. The molecule has 318 valence electrons. The molecule has 2 aromatic rings. The number of carbonyl (C=O) groups is 5. The number of fused-ring (bicyclic) bond motifs is 3. The summed E-state index contributed by atoms with van der Waals surface area (Å²) in [6.07, 6.45) is 4.44. The number of rotatable bonds is 7. The molecule has 2 aliphatic carbocycles. The van der Waals surface area contributed by atoms with Gasteiger partial charge in [-0.3, -0.25) is 24.0 Å². The number of methoxy groups -OCH3 is 1. The summed E-state index contributed by atoms with van der Waals surface area (Å²) in [5.41, 5.74) is -1.05. The minimum absolute atomic E-state index is 0.0501. The van der Waals surface area contributed by atoms with E-state index in [0.717, 1.165) is 6.42 Å². The number of hydrogen-bond donors (Lipinski definition) is 3. The van der Waals surface area contributed by atoms with Crippen LogP contribution in [-0.2, 0) is 47.0 Å². The number of alkyl carbamates (subject to hydrolysis) is 1. The Morgan fingerprint density at radius 1 is 0.983 bits per heavy atom. The molecule has 0 spiro atoms. The zero-order chi connectivity index (χ0) is 42.3. The fourth-order valence-electron chi connectivity index (χ4n) is 8.26. The normalized spacial score (nSPS) is 27.8. The van der Waals surface area contributed by atoms with Crippen LogP contribution >= 0.6 is 0 Å². The summed E-state index contributed by atoms with van der Waals surface area (Å²) in [6.45, 7) is 5.11. The number of ether oxygens (including phenoxy) is 3. The van der Waals surface area contributed by atoms with Crippen molar-refractivity contribution < 1.29 is 51.0 Å². The molecule has 17 heteroatoms. The maximum absolute atomic E-state index is 15.2. The van der Waals surface area contributed by atoms with Gasteiger partial charge in [-0.1, -0.05) is 49.3 Å². The van der Waals surface area contributed by atoms with Gasteiger partial charge in [0, 0.05) is 24.4 Å². The molecule has 7 rings (SSSR count). The molecule has 1 saturated heterocycles. The Balaban J connectivity index is 1.27. The molecule has 3 heterocycles. The van der Waals surface area contributed by atoms with Crippen molar-refractivity contribution >= 4 is 39.9 Å². The lowest BCUT2D eigenvalue weighted by atomic mass is 10.00. The molecule has 3 aliphatic heterocycles. The fraction of sp³-hybridized carbons (Fsp3) is 0.548. The van der Waals surface area contributed by atoms with Gasteiger partial charge in [-0.15, -0.1) is 0 Å². The Kier molecular flexibility index (Phi) is 11.7. The molecule has 3 N–H and O–H groups in total. The third-order valence-electron chi connectivity index (χ3n) is 11.6. The molecule has 0 unspecified atom stereocenters. The lowest BCUT2D eigenvalue weighted by Crippen LogP contribution is -2.58. The van der Waals surface area contributed by atoms with Gasteiger partial charge in [-0.25, -0.2) is 22.4 Å². The van der Waals surface area contributed by atoms with Crippen LogP contribution in [0.4, 0.5) is 14.0 Å². The number of halogens is 1. The zero-order valence-corrected chi connectivity index (χ0v) is 34.5. The van der Waals surface area contributed by atoms with Crippen LogP contribution in [0.2, 0.25) is 0 Å². The van der Waals surface area contributed by atoms with Gasteiger partial charge < -0.3 is 29.7 Å². The maximum atomic E-state index is 15.2. The topological polar surface area (TPSA) is 190 Å². The first-order valence-corrected chi connectivity index (χ1v) is 21.8. The van der Waals surface area contributed by atoms with Crippen molar-refractivity contribution in [1.29, 1.82) is 0 Å². The lowest BCUT2D eigenvalue weighted by Gasteiger charge is -2.35. The van der Waals surface area contributed by atoms with Crippen LogP contribution in [0.5, 0.6) is 5.75 Å². The highest BCUT2D eigenvalue weighted by molar-refractivity contribution is 7.91. The van der Waals surface area contributed by atoms with Crippen molar-refractivity contribution in [2.75, 3.05) is 7.11 Å². The average Bonchev–Trinajstić information content (AvgIpc) is 4.07. The van der Waals surface area contributed by atoms with E-state index >= 15 is 4.79 Å². The molecule has 2 saturated carbocycles. The summed E-state index contributed by atoms with van der Waals surface area (Å²) in [6, 6.07) is 7.65. The number of nitrogens with one attached hydrogen (secondary N) is 3. The molecule has 6 atom stereocenters. The van der Waals surface area contributed by atoms with Crippen molar-refractivity contribution in [2.24, 2.45) is 5.92 Å². The van der Waals surface area contributed by atoms with Crippen LogP contribution in [-0.4, -0.2) is 89.8 Å². The van der Waals surface area contributed by atoms with Crippen LogP contribution in [0.3, 0.4) is 0 Å². The van der Waals surface area contributed by atoms with E-state index in [1.54, 1.807) is 57.2 Å². The number of nitrogens with zero attached hydrogens (tertiary/aromatic N) is 2. The summed E-state index contributed by atoms with van der Waals surface area (Å²) in [4.78, 5) is 73.8. The molecule has 59 heavy (non-hydrogen) atoms. The Hall–Kier alpha value is -5.19. The highest BCUT2D eigenvalue weighted by Crippen LogP contribution is 2.47. The van der Waals surface area contributed by atoms with E-state index in [2.05, 4.69) is 15.4 Å². The zero-order valence-electron chi connectivity index (χ0n) is 33.7. The van der Waals surface area contributed by atoms with Gasteiger partial charge in [-0.05, 0) is 88.6 Å². The van der Waals surface area contributed by atoms with E-state index in [9.17, 15) is 32.0 Å². The first-order chi connectivity index (χ1) is 28.0. The van der Waals surface area contributed by atoms with Crippen molar-refractivity contribution in [3.63, 3.8) is 0 Å². The molecular weight excluding hydrogens is 786 g/mol. The SMILES string of the molecule is COc1ccc([C@H]2[C@H](OC(=O)N3Cc4cccc(F)c4C3)C[C@H]3C(=O)N[C@]4(C(=O)NS(=O)(=O)C5CC5)C[C@H]4/C=C\CCCCC[C@H](NC(=O)OC(C)(C)C)C(=O)N32)cc1. The number of amides is 5. The van der Waals surface area contributed by atoms with Crippen molar-refractivity contribution in [3.05, 3.63) is 77.1 Å². The van der Waals surface area contributed by atoms with E-state index in [4.69, 9.17) is 14.2 Å². The van der Waals surface area contributed by atoms with Crippen LogP contribution in [0.25, 0.3) is 0 Å². The average molecular weight is 838 g/mol. The summed E-state index contributed by atoms with van der Waals surface area (Å²) in [5, 5.41) is 4.90. The summed E-state index contributed by atoms with van der Waals surface area (Å²) < 4.78 is 60.0. The van der Waals surface area contributed by atoms with Gasteiger partial charge in [0.2, 0.25) is 21.8 Å². The number of sulfonamides is 1. The first kappa shape index (κ1) is 42.0. The standard InChI is InChI=1S/C42H52FN5O10S/c1-41(2,3)58-39(52)44-32-14-9-7-5-6-8-12-27-22-42(27,38(51)46-59(54,55)29-19-20-29)45-36(49)33-21-34(35(48(33)37(32)50)25-15-17-28(56-4)18-16-25)57-40(53)47-23-26-11-10-13-31(43)30(26)24-47/h8,10-13,15-18,27,29,32-35H,5-7,9,14,19-24H2,1-4H3,(H,44,52)(H,45,49)(H,46,51)/b12-8-/t27-,32+,33+,34-,35+,42-/m1/s1. The van der Waals surface area contributed by atoms with Crippen LogP contribution in [0.15, 0.2) is 54.6 Å². The molecule has 0 bridgehead atoms. The second-order valence-corrected chi connectivity index (χ2v) is 19.0. The van der Waals surface area contributed by atoms with E-state index in [-0.39, 0.29) is 32.4 Å². The maximum Gasteiger partial charge on any atom is 0.410 e. The minimum atomic E-state index is -3.98. The molecule has 0 radical (unpaired) electrons. The lowest BCUT2D eigenvalue weighted by molar-refractivity contribution is -0.143. The number of allylic oxidation sites excluding steroid dienone is 1. The van der Waals surface area contributed by atoms with E-state index in [1.165, 1.54) is 23.0 Å². The number of hydrogen-bond acceptors (Lipinski definition) is 10. The molecule has 5 aliphatic rings. The number of carbonyl (C=O) groups excluding carboxylic acids is 5. The van der Waals surface area contributed by atoms with E-state index in [1.807, 2.05) is 12.2 Å². The van der Waals surface area contributed by atoms with Crippen LogP contribution in [0.1, 0.15) is 101 Å². The van der Waals surface area contributed by atoms with E-state index < -0.39 is 92.3 Å². The molecule has 0 aromatic heterocycles. The Bertz CT molecular complexity index is 2120. The highest BCUT2D eigenvalue weighted by Gasteiger charge is 2.63. The molecule has 5 amide bonds. The Morgan fingerprint density at radius 3 is 2.41 bits per heavy atom. The first-order valence-electron chi connectivity index (χ1n) is 20.2. The quantitative estimate of drug-likeness (QED) is 0.324. The Morgan fingerprint density at radius 2 is 1.73 bits per heavy atom. The van der Waals surface area contributed by atoms with E-state index in [0.29, 0.717) is 54.5 Å². The second kappa shape index (κ2) is 16.5. The van der Waals surface area contributed by atoms with Crippen molar-refractivity contribution in [1.82, 2.24) is 25.2 Å². The fourth-order valence-corrected chi connectivity index (χ4v) is 9.63. The molecular formula is C42H52FN5O10S. The molecule has 2 aromatic carbocycles. The van der Waals surface area contributed by atoms with Gasteiger partial charge in [-0.2, -0.15) is 0 Å². The minimum Gasteiger partial charge on any atom is -0.497 e. The molecule has 3 fully saturated rings. The van der Waals surface area contributed by atoms with Gasteiger partial charge in [0.25, 0.3) is 5.91 Å². The second-order valence-electron chi connectivity index (χ2n) is 17.1. The third-order valence-corrected chi connectivity index (χ3v) is 13.4. The third kappa shape index (κ3) is 9.19. The summed E-state index contributed by atoms with van der Waals surface area (Å²) in [5.74, 6) is -2.77. The van der Waals surface area contributed by atoms with Crippen molar-refractivity contribution in [3.8, 4) is 5.75 Å². The van der Waals surface area contributed by atoms with Crippen molar-refractivity contribution in [2.45, 2.75) is 132 Å².